The lowest BCUT2D eigenvalue weighted by Gasteiger charge is -2.31. The maximum absolute atomic E-state index is 12.4. The van der Waals surface area contributed by atoms with Gasteiger partial charge >= 0.3 is 0 Å². The molecular formula is C21H30N4O2. The van der Waals surface area contributed by atoms with Crippen molar-refractivity contribution in [3.8, 4) is 5.75 Å². The number of amides is 1. The van der Waals surface area contributed by atoms with Crippen LogP contribution >= 0.6 is 0 Å². The molecule has 2 aliphatic heterocycles. The largest absolute Gasteiger partial charge is 0.497 e. The lowest BCUT2D eigenvalue weighted by Crippen LogP contribution is -2.48. The summed E-state index contributed by atoms with van der Waals surface area (Å²) in [6.07, 6.45) is 6.63. The number of carbonyl (C=O) groups is 1. The molecule has 1 N–H and O–H groups in total. The zero-order valence-corrected chi connectivity index (χ0v) is 16.4. The van der Waals surface area contributed by atoms with Gasteiger partial charge in [-0.1, -0.05) is 18.2 Å². The topological polar surface area (TPSA) is 57.2 Å². The van der Waals surface area contributed by atoms with Crippen LogP contribution in [0.4, 0.5) is 0 Å². The third-order valence-corrected chi connectivity index (χ3v) is 5.27. The van der Waals surface area contributed by atoms with Crippen LogP contribution in [0.5, 0.6) is 5.75 Å². The average Bonchev–Trinajstić information content (AvgIpc) is 2.75. The summed E-state index contributed by atoms with van der Waals surface area (Å²) in [4.78, 5) is 20.9. The fourth-order valence-electron chi connectivity index (χ4n) is 3.69. The molecule has 0 radical (unpaired) electrons. The number of rotatable bonds is 4. The second-order valence-electron chi connectivity index (χ2n) is 7.00. The van der Waals surface area contributed by atoms with Crippen molar-refractivity contribution in [2.45, 2.75) is 25.7 Å². The van der Waals surface area contributed by atoms with Gasteiger partial charge in [0.1, 0.15) is 5.75 Å². The summed E-state index contributed by atoms with van der Waals surface area (Å²) in [5.74, 6) is 1.84. The molecule has 0 saturated carbocycles. The first-order chi connectivity index (χ1) is 13.2. The molecule has 146 valence electrons. The summed E-state index contributed by atoms with van der Waals surface area (Å²) >= 11 is 0. The summed E-state index contributed by atoms with van der Waals surface area (Å²) in [7, 11) is 3.46. The molecule has 2 heterocycles. The van der Waals surface area contributed by atoms with Gasteiger partial charge in [-0.2, -0.15) is 0 Å². The van der Waals surface area contributed by atoms with Crippen LogP contribution in [0.1, 0.15) is 31.2 Å². The Kier molecular flexibility index (Phi) is 6.74. The molecule has 27 heavy (non-hydrogen) atoms. The van der Waals surface area contributed by atoms with Crippen LogP contribution in [0.25, 0.3) is 5.57 Å². The third-order valence-electron chi connectivity index (χ3n) is 5.27. The molecule has 0 aromatic heterocycles. The minimum atomic E-state index is 0.167. The lowest BCUT2D eigenvalue weighted by atomic mass is 9.99. The summed E-state index contributed by atoms with van der Waals surface area (Å²) in [6, 6.07) is 8.18. The van der Waals surface area contributed by atoms with E-state index in [0.717, 1.165) is 57.2 Å². The molecule has 1 saturated heterocycles. The van der Waals surface area contributed by atoms with Crippen LogP contribution in [-0.2, 0) is 4.79 Å². The molecule has 6 nitrogen and oxygen atoms in total. The number of benzene rings is 1. The number of ether oxygens (including phenoxy) is 1. The van der Waals surface area contributed by atoms with Gasteiger partial charge in [-0.15, -0.1) is 0 Å². The Morgan fingerprint density at radius 3 is 2.67 bits per heavy atom. The lowest BCUT2D eigenvalue weighted by molar-refractivity contribution is -0.130. The van der Waals surface area contributed by atoms with E-state index >= 15 is 0 Å². The van der Waals surface area contributed by atoms with E-state index in [1.807, 2.05) is 17.0 Å². The van der Waals surface area contributed by atoms with Crippen molar-refractivity contribution in [1.82, 2.24) is 15.1 Å². The Bertz CT molecular complexity index is 708. The zero-order chi connectivity index (χ0) is 19.1. The van der Waals surface area contributed by atoms with E-state index in [0.29, 0.717) is 6.54 Å². The van der Waals surface area contributed by atoms with E-state index in [1.165, 1.54) is 17.6 Å². The molecule has 1 fully saturated rings. The van der Waals surface area contributed by atoms with Gasteiger partial charge < -0.3 is 19.9 Å². The van der Waals surface area contributed by atoms with E-state index in [1.54, 1.807) is 14.2 Å². The standard InChI is InChI=1S/C21H30N4O2/c1-22-21(23-16-20(26)24-11-4-3-5-12-24)25-13-9-17(10-14-25)18-7-6-8-19(15-18)27-2/h6-9,15H,3-5,10-14,16H2,1-2H3,(H,22,23). The molecule has 1 aromatic carbocycles. The van der Waals surface area contributed by atoms with Crippen molar-refractivity contribution in [1.29, 1.82) is 0 Å². The molecular weight excluding hydrogens is 340 g/mol. The first-order valence-corrected chi connectivity index (χ1v) is 9.78. The molecule has 3 rings (SSSR count). The van der Waals surface area contributed by atoms with Crippen LogP contribution in [0.15, 0.2) is 35.3 Å². The minimum absolute atomic E-state index is 0.167. The summed E-state index contributed by atoms with van der Waals surface area (Å²) in [6.45, 7) is 3.74. The number of methoxy groups -OCH3 is 1. The van der Waals surface area contributed by atoms with Gasteiger partial charge in [-0.3, -0.25) is 9.79 Å². The van der Waals surface area contributed by atoms with Crippen LogP contribution in [0.3, 0.4) is 0 Å². The van der Waals surface area contributed by atoms with Crippen LogP contribution < -0.4 is 10.1 Å². The van der Waals surface area contributed by atoms with E-state index in [4.69, 9.17) is 4.74 Å². The Hall–Kier alpha value is -2.50. The number of hydrogen-bond donors (Lipinski definition) is 1. The molecule has 0 atom stereocenters. The molecule has 0 spiro atoms. The van der Waals surface area contributed by atoms with Crippen molar-refractivity contribution < 1.29 is 9.53 Å². The van der Waals surface area contributed by atoms with Crippen LogP contribution in [0, 0.1) is 0 Å². The second kappa shape index (κ2) is 9.44. The zero-order valence-electron chi connectivity index (χ0n) is 16.4. The molecule has 1 amide bonds. The highest BCUT2D eigenvalue weighted by molar-refractivity contribution is 5.87. The fourth-order valence-corrected chi connectivity index (χ4v) is 3.69. The number of carbonyl (C=O) groups excluding carboxylic acids is 1. The molecule has 0 unspecified atom stereocenters. The molecule has 0 bridgehead atoms. The fraction of sp³-hybridized carbons (Fsp3) is 0.524. The first kappa shape index (κ1) is 19.3. The van der Waals surface area contributed by atoms with Crippen molar-refractivity contribution in [2.24, 2.45) is 4.99 Å². The maximum atomic E-state index is 12.4. The molecule has 0 aliphatic carbocycles. The highest BCUT2D eigenvalue weighted by Gasteiger charge is 2.20. The normalized spacial score (nSPS) is 18.1. The van der Waals surface area contributed by atoms with Gasteiger partial charge in [0.25, 0.3) is 0 Å². The number of aliphatic imine (C=N–C) groups is 1. The van der Waals surface area contributed by atoms with E-state index in [2.05, 4.69) is 33.4 Å². The summed E-state index contributed by atoms with van der Waals surface area (Å²) in [5, 5.41) is 3.24. The van der Waals surface area contributed by atoms with Gasteiger partial charge in [0.2, 0.25) is 5.91 Å². The molecule has 1 aromatic rings. The van der Waals surface area contributed by atoms with Crippen molar-refractivity contribution in [3.63, 3.8) is 0 Å². The van der Waals surface area contributed by atoms with Crippen molar-refractivity contribution in [2.75, 3.05) is 46.9 Å². The van der Waals surface area contributed by atoms with Crippen molar-refractivity contribution >= 4 is 17.4 Å². The summed E-state index contributed by atoms with van der Waals surface area (Å²) in [5.41, 5.74) is 2.53. The van der Waals surface area contributed by atoms with Gasteiger partial charge in [0.15, 0.2) is 5.96 Å². The van der Waals surface area contributed by atoms with Crippen LogP contribution in [0.2, 0.25) is 0 Å². The Morgan fingerprint density at radius 1 is 1.19 bits per heavy atom. The SMILES string of the molecule is CN=C(NCC(=O)N1CCCCC1)N1CC=C(c2cccc(OC)c2)CC1. The highest BCUT2D eigenvalue weighted by atomic mass is 16.5. The number of nitrogens with zero attached hydrogens (tertiary/aromatic N) is 3. The first-order valence-electron chi connectivity index (χ1n) is 9.78. The van der Waals surface area contributed by atoms with Gasteiger partial charge in [-0.05, 0) is 49.0 Å². The third kappa shape index (κ3) is 5.02. The Morgan fingerprint density at radius 2 is 2.00 bits per heavy atom. The number of nitrogens with one attached hydrogen (secondary N) is 1. The highest BCUT2D eigenvalue weighted by Crippen LogP contribution is 2.25. The summed E-state index contributed by atoms with van der Waals surface area (Å²) < 4.78 is 5.32. The Labute approximate surface area is 161 Å². The number of guanidine groups is 1. The van der Waals surface area contributed by atoms with Crippen molar-refractivity contribution in [3.05, 3.63) is 35.9 Å². The molecule has 6 heteroatoms. The van der Waals surface area contributed by atoms with E-state index < -0.39 is 0 Å². The number of likely N-dealkylation sites (tertiary alicyclic amines) is 1. The van der Waals surface area contributed by atoms with E-state index in [9.17, 15) is 4.79 Å². The second-order valence-corrected chi connectivity index (χ2v) is 7.00. The predicted molar refractivity (Wildman–Crippen MR) is 109 cm³/mol. The monoisotopic (exact) mass is 370 g/mol. The van der Waals surface area contributed by atoms with Gasteiger partial charge in [0, 0.05) is 33.2 Å². The number of hydrogen-bond acceptors (Lipinski definition) is 3. The quantitative estimate of drug-likeness (QED) is 0.653. The maximum Gasteiger partial charge on any atom is 0.241 e. The van der Waals surface area contributed by atoms with Gasteiger partial charge in [0.05, 0.1) is 13.7 Å². The number of piperidine rings is 1. The Balaban J connectivity index is 1.54. The van der Waals surface area contributed by atoms with E-state index in [-0.39, 0.29) is 5.91 Å². The predicted octanol–water partition coefficient (Wildman–Crippen LogP) is 2.37. The molecule has 2 aliphatic rings. The minimum Gasteiger partial charge on any atom is -0.497 e. The van der Waals surface area contributed by atoms with Gasteiger partial charge in [-0.25, -0.2) is 0 Å². The van der Waals surface area contributed by atoms with Crippen LogP contribution in [-0.4, -0.2) is 68.5 Å². The average molecular weight is 370 g/mol. The smallest absolute Gasteiger partial charge is 0.241 e.